The van der Waals surface area contributed by atoms with Crippen molar-refractivity contribution in [1.82, 2.24) is 24.3 Å². The number of nitrogens with one attached hydrogen (secondary N) is 2. The van der Waals surface area contributed by atoms with E-state index in [2.05, 4.69) is 24.3 Å². The number of nitrogens with zero attached hydrogens (tertiary/aromatic N) is 4. The first kappa shape index (κ1) is 24.6. The first-order valence-electron chi connectivity index (χ1n) is 11.0. The smallest absolute Gasteiger partial charge is 0.410 e. The van der Waals surface area contributed by atoms with Gasteiger partial charge >= 0.3 is 6.09 Å². The third-order valence-corrected chi connectivity index (χ3v) is 6.94. The Morgan fingerprint density at radius 2 is 1.91 bits per heavy atom. The number of hydrogen-bond donors (Lipinski definition) is 2. The van der Waals surface area contributed by atoms with Crippen molar-refractivity contribution in [3.63, 3.8) is 0 Å². The summed E-state index contributed by atoms with van der Waals surface area (Å²) < 4.78 is 40.8. The summed E-state index contributed by atoms with van der Waals surface area (Å²) in [5, 5.41) is 0. The van der Waals surface area contributed by atoms with Crippen molar-refractivity contribution in [2.24, 2.45) is 0 Å². The molecule has 0 unspecified atom stereocenters. The lowest BCUT2D eigenvalue weighted by Crippen LogP contribution is -2.52. The standard InChI is InChI=1S/C20H34N6O5S/c1-14(2)31-20(27)26-15(3)12-17(24-32(28,29)21-4)18(26)13-30-16-6-10-25(11-7-16)19-22-8-5-9-23-19/h5,8-9,14-18,21,24H,6-7,10-13H2,1-4H3/t15-,17+,18+/m1/s1. The molecular weight excluding hydrogens is 436 g/mol. The van der Waals surface area contributed by atoms with Crippen LogP contribution in [0.15, 0.2) is 18.5 Å². The summed E-state index contributed by atoms with van der Waals surface area (Å²) in [6.07, 6.45) is 4.81. The molecule has 32 heavy (non-hydrogen) atoms. The third-order valence-electron chi connectivity index (χ3n) is 5.79. The minimum absolute atomic E-state index is 0.00962. The maximum Gasteiger partial charge on any atom is 0.410 e. The Morgan fingerprint density at radius 1 is 1.25 bits per heavy atom. The van der Waals surface area contributed by atoms with Gasteiger partial charge in [-0.2, -0.15) is 13.1 Å². The summed E-state index contributed by atoms with van der Waals surface area (Å²) in [4.78, 5) is 25.1. The molecule has 12 heteroatoms. The normalized spacial score (nSPS) is 24.8. The topological polar surface area (TPSA) is 126 Å². The van der Waals surface area contributed by atoms with Crippen molar-refractivity contribution >= 4 is 22.3 Å². The van der Waals surface area contributed by atoms with Gasteiger partial charge in [-0.25, -0.2) is 19.5 Å². The molecule has 2 aliphatic rings. The van der Waals surface area contributed by atoms with Crippen LogP contribution < -0.4 is 14.3 Å². The van der Waals surface area contributed by atoms with Gasteiger partial charge in [0, 0.05) is 44.6 Å². The molecule has 2 N–H and O–H groups in total. The minimum Gasteiger partial charge on any atom is -0.447 e. The number of amides is 1. The van der Waals surface area contributed by atoms with Crippen molar-refractivity contribution in [1.29, 1.82) is 0 Å². The van der Waals surface area contributed by atoms with Crippen molar-refractivity contribution in [3.8, 4) is 0 Å². The van der Waals surface area contributed by atoms with Gasteiger partial charge < -0.3 is 14.4 Å². The van der Waals surface area contributed by atoms with E-state index in [-0.39, 0.29) is 24.9 Å². The molecule has 0 saturated carbocycles. The number of likely N-dealkylation sites (tertiary alicyclic amines) is 1. The molecular formula is C20H34N6O5S. The fourth-order valence-electron chi connectivity index (χ4n) is 4.23. The Balaban J connectivity index is 1.63. The highest BCUT2D eigenvalue weighted by molar-refractivity contribution is 7.87. The molecule has 1 amide bonds. The van der Waals surface area contributed by atoms with E-state index in [0.717, 1.165) is 25.9 Å². The lowest BCUT2D eigenvalue weighted by Gasteiger charge is -2.34. The number of carbonyl (C=O) groups excluding carboxylic acids is 1. The summed E-state index contributed by atoms with van der Waals surface area (Å²) in [6.45, 7) is 7.22. The Hall–Kier alpha value is -2.02. The minimum atomic E-state index is -3.67. The van der Waals surface area contributed by atoms with Crippen molar-refractivity contribution < 1.29 is 22.7 Å². The van der Waals surface area contributed by atoms with Gasteiger partial charge in [-0.3, -0.25) is 4.90 Å². The van der Waals surface area contributed by atoms with Gasteiger partial charge in [-0.1, -0.05) is 0 Å². The first-order chi connectivity index (χ1) is 15.2. The van der Waals surface area contributed by atoms with Crippen LogP contribution in [-0.2, 0) is 19.7 Å². The molecule has 0 bridgehead atoms. The fourth-order valence-corrected chi connectivity index (χ4v) is 5.00. The lowest BCUT2D eigenvalue weighted by atomic mass is 10.1. The second-order valence-corrected chi connectivity index (χ2v) is 10.1. The van der Waals surface area contributed by atoms with Crippen LogP contribution in [0, 0.1) is 0 Å². The van der Waals surface area contributed by atoms with Gasteiger partial charge in [-0.05, 0) is 46.1 Å². The van der Waals surface area contributed by atoms with Crippen LogP contribution in [0.3, 0.4) is 0 Å². The fraction of sp³-hybridized carbons (Fsp3) is 0.750. The van der Waals surface area contributed by atoms with Crippen LogP contribution in [0.5, 0.6) is 0 Å². The zero-order chi connectivity index (χ0) is 23.3. The maximum absolute atomic E-state index is 12.7. The largest absolute Gasteiger partial charge is 0.447 e. The zero-order valence-corrected chi connectivity index (χ0v) is 19.9. The average molecular weight is 471 g/mol. The second-order valence-electron chi connectivity index (χ2n) is 8.49. The van der Waals surface area contributed by atoms with Crippen LogP contribution in [0.1, 0.15) is 40.0 Å². The quantitative estimate of drug-likeness (QED) is 0.574. The third kappa shape index (κ3) is 6.27. The Labute approximate surface area is 190 Å². The summed E-state index contributed by atoms with van der Waals surface area (Å²) in [5.74, 6) is 0.708. The lowest BCUT2D eigenvalue weighted by molar-refractivity contribution is -0.00632. The molecule has 0 spiro atoms. The molecule has 1 aromatic rings. The first-order valence-corrected chi connectivity index (χ1v) is 12.5. The highest BCUT2D eigenvalue weighted by atomic mass is 32.2. The van der Waals surface area contributed by atoms with Crippen LogP contribution >= 0.6 is 0 Å². The number of ether oxygens (including phenoxy) is 2. The molecule has 0 radical (unpaired) electrons. The Bertz CT molecular complexity index is 847. The summed E-state index contributed by atoms with van der Waals surface area (Å²) >= 11 is 0. The van der Waals surface area contributed by atoms with E-state index in [1.54, 1.807) is 37.2 Å². The van der Waals surface area contributed by atoms with Crippen LogP contribution in [0.25, 0.3) is 0 Å². The van der Waals surface area contributed by atoms with Crippen molar-refractivity contribution in [3.05, 3.63) is 18.5 Å². The Kier molecular flexibility index (Phi) is 8.26. The van der Waals surface area contributed by atoms with E-state index in [1.807, 2.05) is 6.92 Å². The van der Waals surface area contributed by atoms with E-state index >= 15 is 0 Å². The number of rotatable bonds is 8. The van der Waals surface area contributed by atoms with E-state index in [9.17, 15) is 13.2 Å². The molecule has 0 aromatic carbocycles. The number of piperidine rings is 1. The molecule has 0 aliphatic carbocycles. The SMILES string of the molecule is CNS(=O)(=O)N[C@H]1C[C@@H](C)N(C(=O)OC(C)C)[C@H]1COC1CCN(c2ncccn2)CC1. The van der Waals surface area contributed by atoms with Crippen molar-refractivity contribution in [2.45, 2.75) is 70.4 Å². The molecule has 3 heterocycles. The second kappa shape index (κ2) is 10.7. The van der Waals surface area contributed by atoms with Gasteiger partial charge in [0.15, 0.2) is 0 Å². The van der Waals surface area contributed by atoms with Crippen LogP contribution in [0.2, 0.25) is 0 Å². The van der Waals surface area contributed by atoms with E-state index in [4.69, 9.17) is 9.47 Å². The zero-order valence-electron chi connectivity index (χ0n) is 19.1. The number of hydrogen-bond acceptors (Lipinski definition) is 8. The highest BCUT2D eigenvalue weighted by Gasteiger charge is 2.44. The monoisotopic (exact) mass is 470 g/mol. The Morgan fingerprint density at radius 3 is 2.50 bits per heavy atom. The molecule has 3 rings (SSSR count). The average Bonchev–Trinajstić information content (AvgIpc) is 3.06. The van der Waals surface area contributed by atoms with Gasteiger partial charge in [-0.15, -0.1) is 0 Å². The molecule has 1 aromatic heterocycles. The van der Waals surface area contributed by atoms with Crippen LogP contribution in [0.4, 0.5) is 10.7 Å². The molecule has 180 valence electrons. The van der Waals surface area contributed by atoms with E-state index in [0.29, 0.717) is 12.4 Å². The van der Waals surface area contributed by atoms with Crippen molar-refractivity contribution in [2.75, 3.05) is 31.6 Å². The summed E-state index contributed by atoms with van der Waals surface area (Å²) in [7, 11) is -2.32. The summed E-state index contributed by atoms with van der Waals surface area (Å²) in [5.41, 5.74) is 0. The molecule has 3 atom stereocenters. The van der Waals surface area contributed by atoms with Gasteiger partial charge in [0.2, 0.25) is 5.95 Å². The predicted octanol–water partition coefficient (Wildman–Crippen LogP) is 0.892. The van der Waals surface area contributed by atoms with E-state index < -0.39 is 28.4 Å². The number of aromatic nitrogens is 2. The summed E-state index contributed by atoms with van der Waals surface area (Å²) in [6, 6.07) is 0.669. The molecule has 2 fully saturated rings. The molecule has 2 saturated heterocycles. The predicted molar refractivity (Wildman–Crippen MR) is 119 cm³/mol. The van der Waals surface area contributed by atoms with Gasteiger partial charge in [0.25, 0.3) is 10.2 Å². The number of anilines is 1. The molecule has 11 nitrogen and oxygen atoms in total. The highest BCUT2D eigenvalue weighted by Crippen LogP contribution is 2.28. The molecule has 2 aliphatic heterocycles. The van der Waals surface area contributed by atoms with Gasteiger partial charge in [0.05, 0.1) is 24.9 Å². The van der Waals surface area contributed by atoms with Crippen LogP contribution in [-0.4, -0.2) is 86.5 Å². The van der Waals surface area contributed by atoms with E-state index in [1.165, 1.54) is 7.05 Å². The maximum atomic E-state index is 12.7. The van der Waals surface area contributed by atoms with Gasteiger partial charge in [0.1, 0.15) is 0 Å². The number of carbonyl (C=O) groups is 1.